The predicted octanol–water partition coefficient (Wildman–Crippen LogP) is 2.41. The van der Waals surface area contributed by atoms with Gasteiger partial charge in [0, 0.05) is 16.0 Å². The summed E-state index contributed by atoms with van der Waals surface area (Å²) in [6.45, 7) is -0.0684. The fourth-order valence-corrected chi connectivity index (χ4v) is 3.77. The summed E-state index contributed by atoms with van der Waals surface area (Å²) in [5.74, 6) is -0.379. The monoisotopic (exact) mass is 418 g/mol. The van der Waals surface area contributed by atoms with Crippen molar-refractivity contribution >= 4 is 23.2 Å². The van der Waals surface area contributed by atoms with Crippen LogP contribution in [0.4, 0.5) is 0 Å². The van der Waals surface area contributed by atoms with Crippen LogP contribution in [0.15, 0.2) is 72.1 Å². The van der Waals surface area contributed by atoms with Gasteiger partial charge in [0.05, 0.1) is 6.04 Å². The summed E-state index contributed by atoms with van der Waals surface area (Å²) in [7, 11) is 0. The third-order valence-electron chi connectivity index (χ3n) is 4.43. The number of hydrogen-bond acceptors (Lipinski definition) is 6. The van der Waals surface area contributed by atoms with Crippen LogP contribution >= 0.6 is 11.3 Å². The normalized spacial score (nSPS) is 11.7. The molecule has 8 nitrogen and oxygen atoms in total. The Bertz CT molecular complexity index is 1140. The zero-order valence-electron chi connectivity index (χ0n) is 15.8. The summed E-state index contributed by atoms with van der Waals surface area (Å²) in [6, 6.07) is 20.0. The number of carbonyl (C=O) groups is 2. The molecule has 0 saturated carbocycles. The fourth-order valence-electron chi connectivity index (χ4n) is 2.96. The number of primary amides is 1. The maximum Gasteiger partial charge on any atom is 0.248 e. The second kappa shape index (κ2) is 8.66. The van der Waals surface area contributed by atoms with Gasteiger partial charge in [0.15, 0.2) is 0 Å². The molecule has 0 spiro atoms. The molecule has 9 heteroatoms. The average molecular weight is 418 g/mol. The van der Waals surface area contributed by atoms with Gasteiger partial charge in [-0.25, -0.2) is 0 Å². The van der Waals surface area contributed by atoms with E-state index in [1.165, 1.54) is 4.80 Å². The molecule has 2 aromatic heterocycles. The second-order valence-electron chi connectivity index (χ2n) is 6.51. The number of aromatic nitrogens is 4. The van der Waals surface area contributed by atoms with E-state index in [1.807, 2.05) is 47.8 Å². The van der Waals surface area contributed by atoms with Gasteiger partial charge in [-0.1, -0.05) is 48.5 Å². The van der Waals surface area contributed by atoms with Crippen molar-refractivity contribution < 1.29 is 9.59 Å². The highest BCUT2D eigenvalue weighted by Gasteiger charge is 2.19. The molecule has 0 bridgehead atoms. The smallest absolute Gasteiger partial charge is 0.248 e. The van der Waals surface area contributed by atoms with Crippen molar-refractivity contribution in [3.05, 3.63) is 88.1 Å². The van der Waals surface area contributed by atoms with Crippen molar-refractivity contribution in [3.8, 4) is 11.4 Å². The van der Waals surface area contributed by atoms with Crippen LogP contribution in [-0.4, -0.2) is 32.0 Å². The van der Waals surface area contributed by atoms with Crippen molar-refractivity contribution in [3.63, 3.8) is 0 Å². The van der Waals surface area contributed by atoms with Crippen molar-refractivity contribution in [2.24, 2.45) is 5.73 Å². The predicted molar refractivity (Wildman–Crippen MR) is 113 cm³/mol. The zero-order valence-corrected chi connectivity index (χ0v) is 16.6. The minimum Gasteiger partial charge on any atom is -0.366 e. The molecule has 4 aromatic rings. The number of nitrogens with one attached hydrogen (secondary N) is 1. The summed E-state index contributed by atoms with van der Waals surface area (Å²) in [4.78, 5) is 26.1. The Morgan fingerprint density at radius 1 is 1.03 bits per heavy atom. The Morgan fingerprint density at radius 3 is 2.47 bits per heavy atom. The van der Waals surface area contributed by atoms with E-state index in [-0.39, 0.29) is 18.5 Å². The molecule has 0 aliphatic rings. The molecule has 30 heavy (non-hydrogen) atoms. The number of hydrogen-bond donors (Lipinski definition) is 2. The highest BCUT2D eigenvalue weighted by atomic mass is 32.1. The maximum absolute atomic E-state index is 12.7. The summed E-state index contributed by atoms with van der Waals surface area (Å²) >= 11 is 1.58. The number of carbonyl (C=O) groups excluding carboxylic acids is 2. The molecular weight excluding hydrogens is 400 g/mol. The zero-order chi connectivity index (χ0) is 20.9. The van der Waals surface area contributed by atoms with Gasteiger partial charge in [0.1, 0.15) is 6.54 Å². The highest BCUT2D eigenvalue weighted by Crippen LogP contribution is 2.25. The summed E-state index contributed by atoms with van der Waals surface area (Å²) in [5.41, 5.74) is 7.31. The molecule has 0 fully saturated rings. The summed E-state index contributed by atoms with van der Waals surface area (Å²) in [5, 5.41) is 17.2. The number of nitrogens with two attached hydrogens (primary N) is 1. The molecule has 0 radical (unpaired) electrons. The van der Waals surface area contributed by atoms with Crippen LogP contribution in [0.2, 0.25) is 0 Å². The van der Waals surface area contributed by atoms with E-state index in [9.17, 15) is 9.59 Å². The summed E-state index contributed by atoms with van der Waals surface area (Å²) in [6.07, 6.45) is 0. The third-order valence-corrected chi connectivity index (χ3v) is 5.37. The van der Waals surface area contributed by atoms with Crippen LogP contribution in [0.5, 0.6) is 0 Å². The number of rotatable bonds is 7. The van der Waals surface area contributed by atoms with E-state index in [4.69, 9.17) is 5.73 Å². The molecule has 150 valence electrons. The van der Waals surface area contributed by atoms with Gasteiger partial charge in [-0.15, -0.1) is 21.5 Å². The van der Waals surface area contributed by atoms with Crippen LogP contribution in [0.1, 0.15) is 26.8 Å². The van der Waals surface area contributed by atoms with E-state index in [0.717, 1.165) is 10.4 Å². The molecule has 2 amide bonds. The molecule has 0 aliphatic heterocycles. The molecule has 1 atom stereocenters. The van der Waals surface area contributed by atoms with Crippen LogP contribution in [0.25, 0.3) is 11.4 Å². The second-order valence-corrected chi connectivity index (χ2v) is 7.49. The first kappa shape index (κ1) is 19.5. The average Bonchev–Trinajstić information content (AvgIpc) is 3.45. The van der Waals surface area contributed by atoms with Crippen molar-refractivity contribution in [2.75, 3.05) is 0 Å². The van der Waals surface area contributed by atoms with Crippen molar-refractivity contribution in [2.45, 2.75) is 12.6 Å². The minimum absolute atomic E-state index is 0.0684. The first-order valence-electron chi connectivity index (χ1n) is 9.16. The molecule has 4 rings (SSSR count). The van der Waals surface area contributed by atoms with Gasteiger partial charge in [-0.2, -0.15) is 4.80 Å². The first-order valence-corrected chi connectivity index (χ1v) is 10.0. The van der Waals surface area contributed by atoms with E-state index >= 15 is 0 Å². The SMILES string of the molecule is NC(=O)c1ccc(-c2nnn(CC(=O)N[C@H](c3ccccc3)c3cccs3)n2)cc1. The van der Waals surface area contributed by atoms with Gasteiger partial charge in [0.25, 0.3) is 0 Å². The topological polar surface area (TPSA) is 116 Å². The van der Waals surface area contributed by atoms with Crippen LogP contribution < -0.4 is 11.1 Å². The standard InChI is InChI=1S/C21H18N6O2S/c22-20(29)15-8-10-16(11-9-15)21-24-26-27(25-21)13-18(28)23-19(17-7-4-12-30-17)14-5-2-1-3-6-14/h1-12,19H,13H2,(H2,22,29)(H,23,28)/t19-/m1/s1. The molecule has 2 aromatic carbocycles. The number of thiophene rings is 1. The lowest BCUT2D eigenvalue weighted by Gasteiger charge is -2.17. The summed E-state index contributed by atoms with van der Waals surface area (Å²) < 4.78 is 0. The van der Waals surface area contributed by atoms with E-state index in [0.29, 0.717) is 17.0 Å². The fraction of sp³-hybridized carbons (Fsp3) is 0.0952. The van der Waals surface area contributed by atoms with E-state index in [1.54, 1.807) is 35.6 Å². The Kier molecular flexibility index (Phi) is 5.62. The van der Waals surface area contributed by atoms with Gasteiger partial charge >= 0.3 is 0 Å². The quantitative estimate of drug-likeness (QED) is 0.478. The van der Waals surface area contributed by atoms with Crippen LogP contribution in [0, 0.1) is 0 Å². The van der Waals surface area contributed by atoms with Gasteiger partial charge in [0.2, 0.25) is 17.6 Å². The number of benzene rings is 2. The van der Waals surface area contributed by atoms with Crippen molar-refractivity contribution in [1.29, 1.82) is 0 Å². The van der Waals surface area contributed by atoms with Gasteiger partial charge in [-0.3, -0.25) is 9.59 Å². The lowest BCUT2D eigenvalue weighted by molar-refractivity contribution is -0.122. The van der Waals surface area contributed by atoms with Gasteiger partial charge < -0.3 is 11.1 Å². The largest absolute Gasteiger partial charge is 0.366 e. The lowest BCUT2D eigenvalue weighted by atomic mass is 10.1. The first-order chi connectivity index (χ1) is 14.6. The number of tetrazole rings is 1. The Balaban J connectivity index is 1.46. The third kappa shape index (κ3) is 4.41. The Labute approximate surface area is 176 Å². The Hall–Kier alpha value is -3.85. The highest BCUT2D eigenvalue weighted by molar-refractivity contribution is 7.10. The molecule has 3 N–H and O–H groups in total. The molecule has 2 heterocycles. The Morgan fingerprint density at radius 2 is 1.80 bits per heavy atom. The maximum atomic E-state index is 12.7. The van der Waals surface area contributed by atoms with E-state index in [2.05, 4.69) is 20.7 Å². The van der Waals surface area contributed by atoms with Crippen LogP contribution in [0.3, 0.4) is 0 Å². The van der Waals surface area contributed by atoms with E-state index < -0.39 is 5.91 Å². The molecular formula is C21H18N6O2S. The van der Waals surface area contributed by atoms with Crippen molar-refractivity contribution in [1.82, 2.24) is 25.5 Å². The lowest BCUT2D eigenvalue weighted by Crippen LogP contribution is -2.32. The molecule has 0 saturated heterocycles. The molecule has 0 unspecified atom stereocenters. The number of nitrogens with zero attached hydrogens (tertiary/aromatic N) is 4. The number of amides is 2. The van der Waals surface area contributed by atoms with Crippen LogP contribution in [-0.2, 0) is 11.3 Å². The minimum atomic E-state index is -0.506. The van der Waals surface area contributed by atoms with Gasteiger partial charge in [-0.05, 0) is 34.4 Å². The molecule has 0 aliphatic carbocycles.